The minimum Gasteiger partial charge on any atom is -0.481 e. The van der Waals surface area contributed by atoms with Crippen molar-refractivity contribution in [2.24, 2.45) is 5.92 Å². The van der Waals surface area contributed by atoms with Crippen molar-refractivity contribution in [3.63, 3.8) is 0 Å². The average Bonchev–Trinajstić information content (AvgIpc) is 2.54. The zero-order valence-electron chi connectivity index (χ0n) is 9.63. The van der Waals surface area contributed by atoms with Crippen LogP contribution in [0.2, 0.25) is 0 Å². The number of carboxylic acids is 1. The second-order valence-electron chi connectivity index (χ2n) is 3.80. The molecule has 0 spiro atoms. The van der Waals surface area contributed by atoms with Crippen molar-refractivity contribution in [2.75, 3.05) is 0 Å². The number of aromatic nitrogens is 2. The van der Waals surface area contributed by atoms with Gasteiger partial charge in [-0.15, -0.1) is 0 Å². The Morgan fingerprint density at radius 1 is 1.61 bits per heavy atom. The highest BCUT2D eigenvalue weighted by Gasteiger charge is 2.32. The highest BCUT2D eigenvalue weighted by atomic mass is 19.3. The number of alkyl halides is 2. The zero-order valence-corrected chi connectivity index (χ0v) is 9.63. The van der Waals surface area contributed by atoms with E-state index in [-0.39, 0.29) is 12.2 Å². The van der Waals surface area contributed by atoms with E-state index in [1.54, 1.807) is 0 Å². The van der Waals surface area contributed by atoms with Crippen LogP contribution in [0.25, 0.3) is 0 Å². The van der Waals surface area contributed by atoms with Crippen LogP contribution < -0.4 is 0 Å². The summed E-state index contributed by atoms with van der Waals surface area (Å²) in [6, 6.07) is 0. The molecule has 1 atom stereocenters. The van der Waals surface area contributed by atoms with E-state index < -0.39 is 34.6 Å². The van der Waals surface area contributed by atoms with Gasteiger partial charge in [-0.25, -0.2) is 8.78 Å². The minimum absolute atomic E-state index is 0.159. The summed E-state index contributed by atoms with van der Waals surface area (Å²) in [6.45, 7) is 2.19. The van der Waals surface area contributed by atoms with E-state index in [2.05, 4.69) is 5.10 Å². The van der Waals surface area contributed by atoms with Crippen LogP contribution in [-0.4, -0.2) is 25.8 Å². The number of aliphatic carboxylic acids is 1. The molecule has 9 heteroatoms. The molecular formula is C9H11F2N3O4. The second-order valence-corrected chi connectivity index (χ2v) is 3.80. The maximum atomic E-state index is 12.8. The van der Waals surface area contributed by atoms with Gasteiger partial charge in [0.1, 0.15) is 5.69 Å². The molecule has 0 radical (unpaired) electrons. The molecule has 0 amide bonds. The molecule has 0 aliphatic carbocycles. The lowest BCUT2D eigenvalue weighted by atomic mass is 10.2. The molecule has 7 nitrogen and oxygen atoms in total. The summed E-state index contributed by atoms with van der Waals surface area (Å²) in [5.41, 5.74) is -1.78. The van der Waals surface area contributed by atoms with Crippen molar-refractivity contribution < 1.29 is 23.6 Å². The molecule has 1 N–H and O–H groups in total. The van der Waals surface area contributed by atoms with Crippen molar-refractivity contribution in [3.05, 3.63) is 21.5 Å². The van der Waals surface area contributed by atoms with Gasteiger partial charge in [0, 0.05) is 0 Å². The van der Waals surface area contributed by atoms with Gasteiger partial charge in [-0.05, 0) is 6.92 Å². The Hall–Kier alpha value is -2.06. The van der Waals surface area contributed by atoms with Gasteiger partial charge in [-0.2, -0.15) is 5.10 Å². The Morgan fingerprint density at radius 3 is 2.56 bits per heavy atom. The number of carboxylic acid groups (broad SMARTS) is 1. The Labute approximate surface area is 100 Å². The van der Waals surface area contributed by atoms with Crippen molar-refractivity contribution in [1.82, 2.24) is 9.78 Å². The molecule has 0 bridgehead atoms. The summed E-state index contributed by atoms with van der Waals surface area (Å²) in [6.07, 6.45) is -3.09. The molecule has 0 saturated heterocycles. The molecule has 0 unspecified atom stereocenters. The topological polar surface area (TPSA) is 98.3 Å². The van der Waals surface area contributed by atoms with E-state index >= 15 is 0 Å². The van der Waals surface area contributed by atoms with Crippen LogP contribution in [0, 0.1) is 23.0 Å². The molecule has 0 aliphatic rings. The van der Waals surface area contributed by atoms with Gasteiger partial charge in [0.2, 0.25) is 0 Å². The summed E-state index contributed by atoms with van der Waals surface area (Å²) in [4.78, 5) is 20.4. The largest absolute Gasteiger partial charge is 0.481 e. The number of rotatable bonds is 5. The van der Waals surface area contributed by atoms with Crippen molar-refractivity contribution in [3.8, 4) is 0 Å². The van der Waals surface area contributed by atoms with Gasteiger partial charge >= 0.3 is 11.7 Å². The fraction of sp³-hybridized carbons (Fsp3) is 0.556. The lowest BCUT2D eigenvalue weighted by Crippen LogP contribution is -2.19. The van der Waals surface area contributed by atoms with E-state index in [9.17, 15) is 23.7 Å². The molecule has 0 aromatic carbocycles. The third-order valence-corrected chi connectivity index (χ3v) is 2.39. The van der Waals surface area contributed by atoms with Crippen molar-refractivity contribution in [2.45, 2.75) is 26.8 Å². The second kappa shape index (κ2) is 5.07. The lowest BCUT2D eigenvalue weighted by molar-refractivity contribution is -0.387. The van der Waals surface area contributed by atoms with E-state index in [0.29, 0.717) is 4.68 Å². The summed E-state index contributed by atoms with van der Waals surface area (Å²) < 4.78 is 26.3. The standard InChI is InChI=1S/C9H11F2N3O4/c1-4(9(15)16)3-13-7(8(10)11)6(14(17)18)5(2)12-13/h4,8H,3H2,1-2H3,(H,15,16)/t4-/m1/s1. The van der Waals surface area contributed by atoms with Gasteiger partial charge in [0.25, 0.3) is 6.43 Å². The lowest BCUT2D eigenvalue weighted by Gasteiger charge is -2.09. The summed E-state index contributed by atoms with van der Waals surface area (Å²) >= 11 is 0. The molecule has 100 valence electrons. The smallest absolute Gasteiger partial charge is 0.318 e. The Bertz CT molecular complexity index is 486. The van der Waals surface area contributed by atoms with Crippen molar-refractivity contribution in [1.29, 1.82) is 0 Å². The first-order valence-corrected chi connectivity index (χ1v) is 4.98. The number of aryl methyl sites for hydroxylation is 1. The van der Waals surface area contributed by atoms with Crippen molar-refractivity contribution >= 4 is 11.7 Å². The third-order valence-electron chi connectivity index (χ3n) is 2.39. The molecule has 0 fully saturated rings. The molecule has 1 aromatic rings. The first kappa shape index (κ1) is 14.0. The SMILES string of the molecule is Cc1nn(C[C@@H](C)C(=O)O)c(C(F)F)c1[N+](=O)[O-]. The fourth-order valence-corrected chi connectivity index (χ4v) is 1.51. The quantitative estimate of drug-likeness (QED) is 0.644. The zero-order chi connectivity index (χ0) is 14.0. The molecule has 0 aliphatic heterocycles. The van der Waals surface area contributed by atoms with E-state index in [0.717, 1.165) is 0 Å². The first-order valence-electron chi connectivity index (χ1n) is 4.98. The van der Waals surface area contributed by atoms with Crippen LogP contribution in [0.5, 0.6) is 0 Å². The molecule has 18 heavy (non-hydrogen) atoms. The summed E-state index contributed by atoms with van der Waals surface area (Å²) in [5.74, 6) is -2.16. The van der Waals surface area contributed by atoms with Gasteiger partial charge in [-0.3, -0.25) is 19.6 Å². The number of nitro groups is 1. The molecule has 1 rings (SSSR count). The summed E-state index contributed by atoms with van der Waals surface area (Å²) in [7, 11) is 0. The van der Waals surface area contributed by atoms with E-state index in [1.807, 2.05) is 0 Å². The minimum atomic E-state index is -3.09. The van der Waals surface area contributed by atoms with Crippen LogP contribution >= 0.6 is 0 Å². The number of nitrogens with zero attached hydrogens (tertiary/aromatic N) is 3. The van der Waals surface area contributed by atoms with Crippen LogP contribution in [0.3, 0.4) is 0 Å². The van der Waals surface area contributed by atoms with Crippen LogP contribution in [0.1, 0.15) is 24.7 Å². The average molecular weight is 263 g/mol. The van der Waals surface area contributed by atoms with Crippen LogP contribution in [0.4, 0.5) is 14.5 Å². The Morgan fingerprint density at radius 2 is 2.17 bits per heavy atom. The number of carbonyl (C=O) groups is 1. The maximum Gasteiger partial charge on any atom is 0.318 e. The van der Waals surface area contributed by atoms with Crippen LogP contribution in [-0.2, 0) is 11.3 Å². The molecule has 1 heterocycles. The highest BCUT2D eigenvalue weighted by Crippen LogP contribution is 2.31. The third kappa shape index (κ3) is 2.60. The molecule has 1 aromatic heterocycles. The van der Waals surface area contributed by atoms with Gasteiger partial charge < -0.3 is 5.11 Å². The number of hydrogen-bond donors (Lipinski definition) is 1. The van der Waals surface area contributed by atoms with Gasteiger partial charge in [0.15, 0.2) is 5.69 Å². The molecule has 0 saturated carbocycles. The fourth-order valence-electron chi connectivity index (χ4n) is 1.51. The summed E-state index contributed by atoms with van der Waals surface area (Å²) in [5, 5.41) is 23.0. The highest BCUT2D eigenvalue weighted by molar-refractivity contribution is 5.69. The maximum absolute atomic E-state index is 12.8. The number of hydrogen-bond acceptors (Lipinski definition) is 4. The van der Waals surface area contributed by atoms with Gasteiger partial charge in [-0.1, -0.05) is 6.92 Å². The Kier molecular flexibility index (Phi) is 3.94. The van der Waals surface area contributed by atoms with Crippen LogP contribution in [0.15, 0.2) is 0 Å². The van der Waals surface area contributed by atoms with E-state index in [4.69, 9.17) is 5.11 Å². The predicted molar refractivity (Wildman–Crippen MR) is 55.4 cm³/mol. The monoisotopic (exact) mass is 263 g/mol. The number of halogens is 2. The predicted octanol–water partition coefficient (Wildman–Crippen LogP) is 1.76. The molecular weight excluding hydrogens is 252 g/mol. The first-order chi connectivity index (χ1) is 8.25. The normalized spacial score (nSPS) is 12.7. The van der Waals surface area contributed by atoms with E-state index in [1.165, 1.54) is 13.8 Å². The Balaban J connectivity index is 3.24. The van der Waals surface area contributed by atoms with Gasteiger partial charge in [0.05, 0.1) is 17.4 Å².